The maximum absolute atomic E-state index is 13.8. The van der Waals surface area contributed by atoms with Gasteiger partial charge in [-0.05, 0) is 99.0 Å². The third-order valence-corrected chi connectivity index (χ3v) is 8.10. The van der Waals surface area contributed by atoms with Crippen molar-refractivity contribution in [2.75, 3.05) is 17.6 Å². The van der Waals surface area contributed by atoms with Crippen molar-refractivity contribution in [2.45, 2.75) is 33.1 Å². The fourth-order valence-corrected chi connectivity index (χ4v) is 5.28. The number of benzene rings is 4. The van der Waals surface area contributed by atoms with E-state index in [0.29, 0.717) is 17.7 Å². The van der Waals surface area contributed by atoms with Crippen molar-refractivity contribution in [3.63, 3.8) is 0 Å². The summed E-state index contributed by atoms with van der Waals surface area (Å²) in [5.41, 5.74) is 5.04. The number of furan rings is 1. The van der Waals surface area contributed by atoms with E-state index in [9.17, 15) is 18.0 Å². The van der Waals surface area contributed by atoms with Crippen LogP contribution in [-0.2, 0) is 21.3 Å². The van der Waals surface area contributed by atoms with E-state index in [1.807, 2.05) is 99.6 Å². The van der Waals surface area contributed by atoms with Gasteiger partial charge in [0.25, 0.3) is 16.0 Å². The van der Waals surface area contributed by atoms with Crippen LogP contribution in [0.2, 0.25) is 0 Å². The molecule has 240 valence electrons. The number of rotatable bonds is 10. The fourth-order valence-electron chi connectivity index (χ4n) is 4.92. The molecule has 1 atom stereocenters. The van der Waals surface area contributed by atoms with Gasteiger partial charge in [-0.25, -0.2) is 0 Å². The highest BCUT2D eigenvalue weighted by molar-refractivity contribution is 7.85. The Labute approximate surface area is 275 Å². The molecule has 47 heavy (non-hydrogen) atoms. The van der Waals surface area contributed by atoms with Crippen molar-refractivity contribution in [1.82, 2.24) is 5.32 Å². The van der Waals surface area contributed by atoms with Crippen LogP contribution < -0.4 is 10.6 Å². The predicted octanol–water partition coefficient (Wildman–Crippen LogP) is 7.08. The van der Waals surface area contributed by atoms with Gasteiger partial charge in [-0.15, -0.1) is 0 Å². The Morgan fingerprint density at radius 1 is 0.894 bits per heavy atom. The van der Waals surface area contributed by atoms with Crippen LogP contribution >= 0.6 is 0 Å². The van der Waals surface area contributed by atoms with E-state index >= 15 is 0 Å². The molecule has 0 aliphatic rings. The second kappa shape index (κ2) is 14.1. The second-order valence-electron chi connectivity index (χ2n) is 12.3. The van der Waals surface area contributed by atoms with Gasteiger partial charge >= 0.3 is 0 Å². The molecule has 5 rings (SSSR count). The predicted molar refractivity (Wildman–Crippen MR) is 185 cm³/mol. The lowest BCUT2D eigenvalue weighted by Gasteiger charge is -2.18. The summed E-state index contributed by atoms with van der Waals surface area (Å²) in [6, 6.07) is 31.7. The highest BCUT2D eigenvalue weighted by atomic mass is 32.2. The van der Waals surface area contributed by atoms with E-state index in [-0.39, 0.29) is 17.9 Å². The lowest BCUT2D eigenvalue weighted by atomic mass is 9.90. The summed E-state index contributed by atoms with van der Waals surface area (Å²) in [4.78, 5) is 26.3. The molecule has 5 aromatic rings. The summed E-state index contributed by atoms with van der Waals surface area (Å²) in [6.07, 6.45) is 0.362. The molecule has 1 aromatic heterocycles. The molecule has 8 nitrogen and oxygen atoms in total. The van der Waals surface area contributed by atoms with Gasteiger partial charge in [0, 0.05) is 39.7 Å². The SMILES string of the molecule is CC(C)(C)C#Cc1ccc(C(Cc2ccc(C(=O)NCCS(=O)(=O)O)cc2)C(=O)Nc2ccc(-c3cc4ccccc4o3)cc2)cc1. The number of nitrogens with one attached hydrogen (secondary N) is 2. The number of carbonyl (C=O) groups is 2. The molecule has 1 unspecified atom stereocenters. The van der Waals surface area contributed by atoms with E-state index in [1.54, 1.807) is 24.3 Å². The maximum Gasteiger partial charge on any atom is 0.266 e. The largest absolute Gasteiger partial charge is 0.456 e. The molecule has 1 heterocycles. The van der Waals surface area contributed by atoms with E-state index in [2.05, 4.69) is 22.5 Å². The highest BCUT2D eigenvalue weighted by Gasteiger charge is 2.22. The molecule has 0 fully saturated rings. The number of carbonyl (C=O) groups excluding carboxylic acids is 2. The first kappa shape index (κ1) is 33.2. The van der Waals surface area contributed by atoms with Crippen LogP contribution in [0.4, 0.5) is 5.69 Å². The minimum absolute atomic E-state index is 0.138. The quantitative estimate of drug-likeness (QED) is 0.110. The standard InChI is InChI=1S/C38H36N2O6S/c1-38(2,3)21-20-26-8-12-28(13-9-26)33(24-27-10-14-30(15-11-27)36(41)39-22-23-47(43,44)45)37(42)40-32-18-16-29(17-19-32)35-25-31-6-4-5-7-34(31)46-35/h4-19,25,33H,22-24H2,1-3H3,(H,39,41)(H,40,42)(H,43,44,45). The summed E-state index contributed by atoms with van der Waals surface area (Å²) in [5, 5.41) is 6.55. The number of para-hydroxylation sites is 1. The van der Waals surface area contributed by atoms with E-state index in [0.717, 1.165) is 39.0 Å². The van der Waals surface area contributed by atoms with Gasteiger partial charge in [0.1, 0.15) is 11.3 Å². The zero-order valence-corrected chi connectivity index (χ0v) is 27.2. The van der Waals surface area contributed by atoms with Crippen molar-refractivity contribution in [2.24, 2.45) is 5.41 Å². The molecule has 0 aliphatic heterocycles. The van der Waals surface area contributed by atoms with Crippen LogP contribution in [0, 0.1) is 17.3 Å². The third-order valence-electron chi connectivity index (χ3n) is 7.38. The molecule has 0 saturated heterocycles. The Morgan fingerprint density at radius 3 is 2.21 bits per heavy atom. The Kier molecular flexibility index (Phi) is 9.95. The van der Waals surface area contributed by atoms with Crippen molar-refractivity contribution < 1.29 is 27.0 Å². The first-order valence-electron chi connectivity index (χ1n) is 15.2. The Hall–Kier alpha value is -5.17. The highest BCUT2D eigenvalue weighted by Crippen LogP contribution is 2.29. The molecule has 0 saturated carbocycles. The molecule has 3 N–H and O–H groups in total. The molecule has 9 heteroatoms. The lowest BCUT2D eigenvalue weighted by Crippen LogP contribution is -2.28. The average Bonchev–Trinajstić information content (AvgIpc) is 3.47. The summed E-state index contributed by atoms with van der Waals surface area (Å²) in [7, 11) is -4.18. The second-order valence-corrected chi connectivity index (χ2v) is 13.9. The first-order chi connectivity index (χ1) is 22.3. The van der Waals surface area contributed by atoms with Crippen LogP contribution in [0.15, 0.2) is 108 Å². The first-order valence-corrected chi connectivity index (χ1v) is 16.8. The van der Waals surface area contributed by atoms with Crippen molar-refractivity contribution in [3.05, 3.63) is 125 Å². The Morgan fingerprint density at radius 2 is 1.57 bits per heavy atom. The third kappa shape index (κ3) is 9.42. The molecule has 0 spiro atoms. The van der Waals surface area contributed by atoms with E-state index in [4.69, 9.17) is 8.97 Å². The van der Waals surface area contributed by atoms with Crippen LogP contribution in [-0.4, -0.2) is 37.1 Å². The number of anilines is 1. The van der Waals surface area contributed by atoms with E-state index < -0.39 is 27.7 Å². The van der Waals surface area contributed by atoms with Gasteiger partial charge in [-0.3, -0.25) is 14.1 Å². The Balaban J connectivity index is 1.34. The fraction of sp³-hybridized carbons (Fsp3) is 0.211. The number of fused-ring (bicyclic) bond motifs is 1. The normalized spacial score (nSPS) is 12.2. The van der Waals surface area contributed by atoms with Crippen LogP contribution in [0.3, 0.4) is 0 Å². The minimum Gasteiger partial charge on any atom is -0.456 e. The van der Waals surface area contributed by atoms with Crippen molar-refractivity contribution >= 4 is 38.6 Å². The smallest absolute Gasteiger partial charge is 0.266 e. The zero-order valence-electron chi connectivity index (χ0n) is 26.4. The maximum atomic E-state index is 13.8. The average molecular weight is 649 g/mol. The monoisotopic (exact) mass is 648 g/mol. The number of amides is 2. The molecule has 2 amide bonds. The van der Waals surface area contributed by atoms with Gasteiger partial charge in [0.2, 0.25) is 5.91 Å². The topological polar surface area (TPSA) is 126 Å². The Bertz CT molecular complexity index is 2010. The summed E-state index contributed by atoms with van der Waals surface area (Å²) >= 11 is 0. The van der Waals surface area contributed by atoms with Crippen LogP contribution in [0.25, 0.3) is 22.3 Å². The number of hydrogen-bond donors (Lipinski definition) is 3. The van der Waals surface area contributed by atoms with Gasteiger partial charge < -0.3 is 15.1 Å². The lowest BCUT2D eigenvalue weighted by molar-refractivity contribution is -0.117. The van der Waals surface area contributed by atoms with E-state index in [1.165, 1.54) is 0 Å². The molecule has 0 bridgehead atoms. The summed E-state index contributed by atoms with van der Waals surface area (Å²) in [6.45, 7) is 5.93. The molecular formula is C38H36N2O6S. The van der Waals surface area contributed by atoms with Crippen molar-refractivity contribution in [3.8, 4) is 23.2 Å². The molecule has 0 aliphatic carbocycles. The number of hydrogen-bond acceptors (Lipinski definition) is 5. The van der Waals surface area contributed by atoms with Crippen molar-refractivity contribution in [1.29, 1.82) is 0 Å². The molecular weight excluding hydrogens is 612 g/mol. The van der Waals surface area contributed by atoms with Gasteiger partial charge in [0.15, 0.2) is 0 Å². The molecule has 4 aromatic carbocycles. The van der Waals surface area contributed by atoms with Crippen LogP contribution in [0.1, 0.15) is 53.7 Å². The summed E-state index contributed by atoms with van der Waals surface area (Å²) in [5.74, 6) is 5.38. The summed E-state index contributed by atoms with van der Waals surface area (Å²) < 4.78 is 36.8. The van der Waals surface area contributed by atoms with Gasteiger partial charge in [-0.2, -0.15) is 8.42 Å². The van der Waals surface area contributed by atoms with Crippen LogP contribution in [0.5, 0.6) is 0 Å². The van der Waals surface area contributed by atoms with Gasteiger partial charge in [-0.1, -0.05) is 54.3 Å². The zero-order chi connectivity index (χ0) is 33.6. The van der Waals surface area contributed by atoms with Gasteiger partial charge in [0.05, 0.1) is 11.7 Å². The minimum atomic E-state index is -4.18. The molecule has 0 radical (unpaired) electrons.